The highest BCUT2D eigenvalue weighted by atomic mass is 35.5. The zero-order valence-electron chi connectivity index (χ0n) is 21.0. The third-order valence-corrected chi connectivity index (χ3v) is 7.52. The third kappa shape index (κ3) is 4.63. The zero-order valence-corrected chi connectivity index (χ0v) is 21.7. The number of nitrogens with one attached hydrogen (secondary N) is 1. The molecule has 1 aliphatic carbocycles. The molecule has 1 saturated carbocycles. The minimum atomic E-state index is -0.507. The maximum Gasteiger partial charge on any atom is 0.261 e. The summed E-state index contributed by atoms with van der Waals surface area (Å²) in [7, 11) is 1.56. The standard InChI is InChI=1S/C29H24ClFN4O4/c1-38-25-14-24-21(27(33-15-32-24)34-16-6-11-23(31)22(30)12-16)13-26(25)39-18-9-7-17(8-10-18)35-28(36)19-4-2-3-5-20(19)29(35)37/h2-6,11-15,17-18H,7-10H2,1H3,(H,32,33,34). The highest BCUT2D eigenvalue weighted by Gasteiger charge is 2.41. The predicted octanol–water partition coefficient (Wildman–Crippen LogP) is 6.16. The van der Waals surface area contributed by atoms with Crippen molar-refractivity contribution in [1.29, 1.82) is 0 Å². The van der Waals surface area contributed by atoms with Crippen LogP contribution in [0.4, 0.5) is 15.9 Å². The molecule has 10 heteroatoms. The molecular formula is C29H24ClFN4O4. The molecule has 1 aliphatic heterocycles. The molecule has 2 amide bonds. The Bertz CT molecular complexity index is 1570. The number of benzene rings is 3. The maximum absolute atomic E-state index is 13.6. The van der Waals surface area contributed by atoms with Gasteiger partial charge in [-0.05, 0) is 62.1 Å². The van der Waals surface area contributed by atoms with E-state index in [2.05, 4.69) is 15.3 Å². The van der Waals surface area contributed by atoms with Crippen LogP contribution in [0.15, 0.2) is 60.9 Å². The summed E-state index contributed by atoms with van der Waals surface area (Å²) < 4.78 is 25.6. The number of rotatable bonds is 6. The molecule has 0 radical (unpaired) electrons. The first kappa shape index (κ1) is 25.1. The molecule has 1 aromatic heterocycles. The number of nitrogens with zero attached hydrogens (tertiary/aromatic N) is 3. The van der Waals surface area contributed by atoms with E-state index >= 15 is 0 Å². The van der Waals surface area contributed by atoms with Gasteiger partial charge in [0.2, 0.25) is 0 Å². The van der Waals surface area contributed by atoms with Gasteiger partial charge in [0.05, 0.1) is 34.9 Å². The summed E-state index contributed by atoms with van der Waals surface area (Å²) in [5.41, 5.74) is 2.15. The van der Waals surface area contributed by atoms with Gasteiger partial charge in [-0.15, -0.1) is 0 Å². The van der Waals surface area contributed by atoms with E-state index in [1.165, 1.54) is 23.4 Å². The molecule has 4 aromatic rings. The van der Waals surface area contributed by atoms with Crippen LogP contribution >= 0.6 is 11.6 Å². The number of methoxy groups -OCH3 is 1. The van der Waals surface area contributed by atoms with E-state index in [1.54, 1.807) is 43.5 Å². The average molecular weight is 547 g/mol. The van der Waals surface area contributed by atoms with Crippen molar-refractivity contribution in [3.63, 3.8) is 0 Å². The second-order valence-electron chi connectivity index (χ2n) is 9.57. The van der Waals surface area contributed by atoms with Gasteiger partial charge in [0.15, 0.2) is 11.5 Å². The van der Waals surface area contributed by atoms with Crippen LogP contribution in [0.3, 0.4) is 0 Å². The van der Waals surface area contributed by atoms with Crippen LogP contribution in [0.5, 0.6) is 11.5 Å². The zero-order chi connectivity index (χ0) is 27.1. The van der Waals surface area contributed by atoms with Crippen molar-refractivity contribution < 1.29 is 23.5 Å². The Morgan fingerprint density at radius 2 is 1.67 bits per heavy atom. The minimum Gasteiger partial charge on any atom is -0.493 e. The Morgan fingerprint density at radius 1 is 0.949 bits per heavy atom. The number of hydrogen-bond donors (Lipinski definition) is 1. The average Bonchev–Trinajstić information content (AvgIpc) is 3.21. The summed E-state index contributed by atoms with van der Waals surface area (Å²) in [5, 5.41) is 3.86. The first-order chi connectivity index (χ1) is 18.9. The molecule has 0 saturated heterocycles. The molecule has 8 nitrogen and oxygen atoms in total. The molecule has 0 atom stereocenters. The number of ether oxygens (including phenoxy) is 2. The second-order valence-corrected chi connectivity index (χ2v) is 9.98. The molecule has 6 rings (SSSR count). The van der Waals surface area contributed by atoms with E-state index in [4.69, 9.17) is 21.1 Å². The highest BCUT2D eigenvalue weighted by molar-refractivity contribution is 6.31. The van der Waals surface area contributed by atoms with Crippen LogP contribution in [-0.2, 0) is 0 Å². The van der Waals surface area contributed by atoms with Crippen molar-refractivity contribution in [1.82, 2.24) is 14.9 Å². The smallest absolute Gasteiger partial charge is 0.261 e. The first-order valence-corrected chi connectivity index (χ1v) is 13.0. The lowest BCUT2D eigenvalue weighted by atomic mass is 9.91. The van der Waals surface area contributed by atoms with E-state index in [0.717, 1.165) is 0 Å². The molecular weight excluding hydrogens is 523 g/mol. The summed E-state index contributed by atoms with van der Waals surface area (Å²) in [4.78, 5) is 35.9. The second kappa shape index (κ2) is 10.1. The lowest BCUT2D eigenvalue weighted by Gasteiger charge is -2.33. The number of halogens is 2. The number of carbonyl (C=O) groups is 2. The number of imide groups is 1. The van der Waals surface area contributed by atoms with E-state index < -0.39 is 5.82 Å². The van der Waals surface area contributed by atoms with Gasteiger partial charge in [-0.25, -0.2) is 14.4 Å². The quantitative estimate of drug-likeness (QED) is 0.289. The Labute approximate surface area is 228 Å². The summed E-state index contributed by atoms with van der Waals surface area (Å²) in [6, 6.07) is 14.7. The number of carbonyl (C=O) groups excluding carboxylic acids is 2. The Balaban J connectivity index is 1.20. The van der Waals surface area contributed by atoms with Gasteiger partial charge in [-0.3, -0.25) is 14.5 Å². The highest BCUT2D eigenvalue weighted by Crippen LogP contribution is 2.38. The van der Waals surface area contributed by atoms with Gasteiger partial charge in [0, 0.05) is 23.2 Å². The third-order valence-electron chi connectivity index (χ3n) is 7.23. The van der Waals surface area contributed by atoms with Gasteiger partial charge in [0.1, 0.15) is 18.0 Å². The van der Waals surface area contributed by atoms with E-state index in [1.807, 2.05) is 6.07 Å². The fourth-order valence-electron chi connectivity index (χ4n) is 5.27. The molecule has 2 aliphatic rings. The van der Waals surface area contributed by atoms with Gasteiger partial charge >= 0.3 is 0 Å². The number of hydrogen-bond acceptors (Lipinski definition) is 7. The van der Waals surface area contributed by atoms with Gasteiger partial charge in [-0.1, -0.05) is 23.7 Å². The molecule has 198 valence electrons. The van der Waals surface area contributed by atoms with Crippen LogP contribution in [0.1, 0.15) is 46.4 Å². The maximum atomic E-state index is 13.6. The summed E-state index contributed by atoms with van der Waals surface area (Å²) >= 11 is 5.94. The van der Waals surface area contributed by atoms with Crippen molar-refractivity contribution >= 4 is 45.8 Å². The van der Waals surface area contributed by atoms with Crippen molar-refractivity contribution in [2.75, 3.05) is 12.4 Å². The monoisotopic (exact) mass is 546 g/mol. The van der Waals surface area contributed by atoms with Crippen LogP contribution < -0.4 is 14.8 Å². The molecule has 3 aromatic carbocycles. The fourth-order valence-corrected chi connectivity index (χ4v) is 5.45. The van der Waals surface area contributed by atoms with Crippen molar-refractivity contribution in [3.8, 4) is 11.5 Å². The molecule has 2 heterocycles. The minimum absolute atomic E-state index is 0.000802. The molecule has 0 bridgehead atoms. The van der Waals surface area contributed by atoms with Crippen molar-refractivity contribution in [2.24, 2.45) is 0 Å². The van der Waals surface area contributed by atoms with Crippen LogP contribution in [0.25, 0.3) is 10.9 Å². The molecule has 0 spiro atoms. The lowest BCUT2D eigenvalue weighted by molar-refractivity contribution is 0.0476. The normalized spacial score (nSPS) is 18.8. The molecule has 1 N–H and O–H groups in total. The van der Waals surface area contributed by atoms with Crippen LogP contribution in [0.2, 0.25) is 5.02 Å². The summed E-state index contributed by atoms with van der Waals surface area (Å²) in [6.07, 6.45) is 3.93. The van der Waals surface area contributed by atoms with Crippen molar-refractivity contribution in [3.05, 3.63) is 82.9 Å². The largest absolute Gasteiger partial charge is 0.493 e. The Morgan fingerprint density at radius 3 is 2.33 bits per heavy atom. The van der Waals surface area contributed by atoms with Crippen molar-refractivity contribution in [2.45, 2.75) is 37.8 Å². The van der Waals surface area contributed by atoms with E-state index in [0.29, 0.717) is 70.7 Å². The topological polar surface area (TPSA) is 93.7 Å². The van der Waals surface area contributed by atoms with Gasteiger partial charge in [-0.2, -0.15) is 0 Å². The van der Waals surface area contributed by atoms with Gasteiger partial charge < -0.3 is 14.8 Å². The fraction of sp³-hybridized carbons (Fsp3) is 0.241. The van der Waals surface area contributed by atoms with Gasteiger partial charge in [0.25, 0.3) is 11.8 Å². The molecule has 1 fully saturated rings. The number of aromatic nitrogens is 2. The Kier molecular flexibility index (Phi) is 6.52. The van der Waals surface area contributed by atoms with E-state index in [9.17, 15) is 14.0 Å². The van der Waals surface area contributed by atoms with Crippen LogP contribution in [-0.4, -0.2) is 45.9 Å². The summed E-state index contributed by atoms with van der Waals surface area (Å²) in [5.74, 6) is 0.610. The SMILES string of the molecule is COc1cc2ncnc(Nc3ccc(F)c(Cl)c3)c2cc1OC1CCC(N2C(=O)c3ccccc3C2=O)CC1. The first-order valence-electron chi connectivity index (χ1n) is 12.6. The summed E-state index contributed by atoms with van der Waals surface area (Å²) in [6.45, 7) is 0. The van der Waals surface area contributed by atoms with Crippen LogP contribution in [0, 0.1) is 5.82 Å². The van der Waals surface area contributed by atoms with E-state index in [-0.39, 0.29) is 29.0 Å². The number of anilines is 2. The number of fused-ring (bicyclic) bond motifs is 2. The Hall–Kier alpha value is -4.24. The molecule has 39 heavy (non-hydrogen) atoms. The molecule has 0 unspecified atom stereocenters. The lowest BCUT2D eigenvalue weighted by Crippen LogP contribution is -2.43. The number of amides is 2. The predicted molar refractivity (Wildman–Crippen MR) is 144 cm³/mol.